The number of amides is 2. The Kier molecular flexibility index (Phi) is 4.57. The number of carbonyl (C=O) groups is 1. The Morgan fingerprint density at radius 2 is 1.55 bits per heavy atom. The van der Waals surface area contributed by atoms with Crippen molar-refractivity contribution < 1.29 is 4.79 Å². The molecule has 2 rings (SSSR count). The first-order chi connectivity index (χ1) is 9.78. The number of urea groups is 1. The third-order valence-electron chi connectivity index (χ3n) is 2.53. The predicted octanol–water partition coefficient (Wildman–Crippen LogP) is 3.08. The number of hydrogen-bond acceptors (Lipinski definition) is 3. The van der Waals surface area contributed by atoms with Crippen LogP contribution >= 0.6 is 0 Å². The fourth-order valence-corrected chi connectivity index (χ4v) is 1.62. The summed E-state index contributed by atoms with van der Waals surface area (Å²) < 4.78 is 0. The average Bonchev–Trinajstić information content (AvgIpc) is 2.48. The Morgan fingerprint density at radius 3 is 2.20 bits per heavy atom. The molecule has 2 aromatic carbocycles. The summed E-state index contributed by atoms with van der Waals surface area (Å²) in [4.78, 5) is 11.4. The quantitative estimate of drug-likeness (QED) is 0.744. The first kappa shape index (κ1) is 13.4. The van der Waals surface area contributed by atoms with E-state index in [0.717, 1.165) is 11.4 Å². The number of nitrogens with zero attached hydrogens (tertiary/aromatic N) is 1. The Balaban J connectivity index is 1.93. The normalized spacial score (nSPS) is 9.35. The molecule has 0 aliphatic carbocycles. The number of nitrogens with one attached hydrogen (secondary N) is 3. The Hall–Kier alpha value is -3.00. The molecule has 2 amide bonds. The van der Waals surface area contributed by atoms with Gasteiger partial charge in [-0.1, -0.05) is 18.2 Å². The molecule has 0 aliphatic rings. The van der Waals surface area contributed by atoms with Crippen molar-refractivity contribution in [2.24, 2.45) is 0 Å². The summed E-state index contributed by atoms with van der Waals surface area (Å²) in [5.74, 6) is 0. The van der Waals surface area contributed by atoms with Gasteiger partial charge in [0.15, 0.2) is 0 Å². The number of rotatable bonds is 4. The van der Waals surface area contributed by atoms with Crippen molar-refractivity contribution >= 4 is 23.1 Å². The van der Waals surface area contributed by atoms with Gasteiger partial charge in [-0.3, -0.25) is 0 Å². The lowest BCUT2D eigenvalue weighted by atomic mass is 10.2. The SMILES string of the molecule is N#CCNC(=O)Nc1ccc(Nc2ccccc2)cc1. The minimum absolute atomic E-state index is 0.0144. The summed E-state index contributed by atoms with van der Waals surface area (Å²) in [6, 6.07) is 18.6. The van der Waals surface area contributed by atoms with Crippen LogP contribution in [0.25, 0.3) is 0 Å². The van der Waals surface area contributed by atoms with Gasteiger partial charge >= 0.3 is 6.03 Å². The summed E-state index contributed by atoms with van der Waals surface area (Å²) in [7, 11) is 0. The maximum absolute atomic E-state index is 11.4. The summed E-state index contributed by atoms with van der Waals surface area (Å²) in [5.41, 5.74) is 2.60. The van der Waals surface area contributed by atoms with E-state index >= 15 is 0 Å². The van der Waals surface area contributed by atoms with Gasteiger partial charge in [0.1, 0.15) is 6.54 Å². The molecular formula is C15H14N4O. The molecule has 100 valence electrons. The zero-order valence-corrected chi connectivity index (χ0v) is 10.8. The van der Waals surface area contributed by atoms with Crippen LogP contribution in [-0.2, 0) is 0 Å². The smallest absolute Gasteiger partial charge is 0.320 e. The third kappa shape index (κ3) is 4.03. The number of nitriles is 1. The number of hydrogen-bond donors (Lipinski definition) is 3. The highest BCUT2D eigenvalue weighted by Gasteiger charge is 2.00. The van der Waals surface area contributed by atoms with Gasteiger partial charge in [0, 0.05) is 17.1 Å². The molecule has 0 aliphatic heterocycles. The van der Waals surface area contributed by atoms with Crippen molar-refractivity contribution in [3.8, 4) is 6.07 Å². The van der Waals surface area contributed by atoms with Gasteiger partial charge in [-0.2, -0.15) is 5.26 Å². The van der Waals surface area contributed by atoms with Crippen LogP contribution in [0.4, 0.5) is 21.9 Å². The first-order valence-electron chi connectivity index (χ1n) is 6.12. The largest absolute Gasteiger partial charge is 0.356 e. The lowest BCUT2D eigenvalue weighted by molar-refractivity contribution is 0.253. The van der Waals surface area contributed by atoms with Crippen LogP contribution in [0.15, 0.2) is 54.6 Å². The number of carbonyl (C=O) groups excluding carboxylic acids is 1. The molecule has 0 fully saturated rings. The molecule has 0 radical (unpaired) electrons. The van der Waals surface area contributed by atoms with Gasteiger partial charge in [0.2, 0.25) is 0 Å². The van der Waals surface area contributed by atoms with Crippen LogP contribution in [0, 0.1) is 11.3 Å². The fourth-order valence-electron chi connectivity index (χ4n) is 1.62. The Labute approximate surface area is 117 Å². The van der Waals surface area contributed by atoms with E-state index in [1.54, 1.807) is 12.1 Å². The second-order valence-electron chi connectivity index (χ2n) is 4.03. The summed E-state index contributed by atoms with van der Waals surface area (Å²) in [6.07, 6.45) is 0. The molecule has 3 N–H and O–H groups in total. The van der Waals surface area contributed by atoms with E-state index in [2.05, 4.69) is 16.0 Å². The topological polar surface area (TPSA) is 77.0 Å². The number of benzene rings is 2. The molecule has 0 heterocycles. The number of para-hydroxylation sites is 1. The van der Waals surface area contributed by atoms with Gasteiger partial charge in [0.25, 0.3) is 0 Å². The van der Waals surface area contributed by atoms with Crippen molar-refractivity contribution in [3.05, 3.63) is 54.6 Å². The monoisotopic (exact) mass is 266 g/mol. The van der Waals surface area contributed by atoms with Gasteiger partial charge in [0.05, 0.1) is 6.07 Å². The maximum atomic E-state index is 11.4. The highest BCUT2D eigenvalue weighted by atomic mass is 16.2. The minimum atomic E-state index is -0.393. The molecule has 5 heteroatoms. The molecule has 0 unspecified atom stereocenters. The van der Waals surface area contributed by atoms with Crippen LogP contribution < -0.4 is 16.0 Å². The summed E-state index contributed by atoms with van der Waals surface area (Å²) >= 11 is 0. The van der Waals surface area contributed by atoms with E-state index < -0.39 is 6.03 Å². The predicted molar refractivity (Wildman–Crippen MR) is 78.8 cm³/mol. The van der Waals surface area contributed by atoms with Crippen molar-refractivity contribution in [3.63, 3.8) is 0 Å². The molecule has 0 saturated heterocycles. The maximum Gasteiger partial charge on any atom is 0.320 e. The molecule has 2 aromatic rings. The van der Waals surface area contributed by atoms with Crippen LogP contribution in [0.2, 0.25) is 0 Å². The highest BCUT2D eigenvalue weighted by molar-refractivity contribution is 5.89. The van der Waals surface area contributed by atoms with Crippen LogP contribution in [0.5, 0.6) is 0 Å². The summed E-state index contributed by atoms with van der Waals surface area (Å²) in [6.45, 7) is -0.0144. The molecule has 0 saturated carbocycles. The van der Waals surface area contributed by atoms with Crippen LogP contribution in [0.1, 0.15) is 0 Å². The summed E-state index contributed by atoms with van der Waals surface area (Å²) in [5, 5.41) is 16.7. The fraction of sp³-hybridized carbons (Fsp3) is 0.0667. The molecule has 20 heavy (non-hydrogen) atoms. The minimum Gasteiger partial charge on any atom is -0.356 e. The van der Waals surface area contributed by atoms with Gasteiger partial charge in [-0.25, -0.2) is 4.79 Å². The van der Waals surface area contributed by atoms with E-state index in [1.165, 1.54) is 0 Å². The molecule has 5 nitrogen and oxygen atoms in total. The Bertz CT molecular complexity index is 602. The zero-order chi connectivity index (χ0) is 14.2. The van der Waals surface area contributed by atoms with Crippen LogP contribution in [0.3, 0.4) is 0 Å². The van der Waals surface area contributed by atoms with Crippen LogP contribution in [-0.4, -0.2) is 12.6 Å². The van der Waals surface area contributed by atoms with Crippen molar-refractivity contribution in [2.75, 3.05) is 17.2 Å². The van der Waals surface area contributed by atoms with E-state index in [0.29, 0.717) is 5.69 Å². The van der Waals surface area contributed by atoms with Crippen molar-refractivity contribution in [2.45, 2.75) is 0 Å². The van der Waals surface area contributed by atoms with E-state index in [-0.39, 0.29) is 6.54 Å². The molecule has 0 atom stereocenters. The van der Waals surface area contributed by atoms with Gasteiger partial charge in [-0.05, 0) is 36.4 Å². The van der Waals surface area contributed by atoms with Crippen molar-refractivity contribution in [1.29, 1.82) is 5.26 Å². The molecule has 0 spiro atoms. The second kappa shape index (κ2) is 6.81. The Morgan fingerprint density at radius 1 is 0.950 bits per heavy atom. The van der Waals surface area contributed by atoms with E-state index in [9.17, 15) is 4.79 Å². The first-order valence-corrected chi connectivity index (χ1v) is 6.12. The van der Waals surface area contributed by atoms with Gasteiger partial charge in [-0.15, -0.1) is 0 Å². The number of anilines is 3. The average molecular weight is 266 g/mol. The molecular weight excluding hydrogens is 252 g/mol. The second-order valence-corrected chi connectivity index (χ2v) is 4.03. The standard InChI is InChI=1S/C15H14N4O/c16-10-11-17-15(20)19-14-8-6-13(7-9-14)18-12-4-2-1-3-5-12/h1-9,18H,11H2,(H2,17,19,20). The lowest BCUT2D eigenvalue weighted by Gasteiger charge is -2.08. The lowest BCUT2D eigenvalue weighted by Crippen LogP contribution is -2.28. The molecule has 0 aromatic heterocycles. The molecule has 0 bridgehead atoms. The van der Waals surface area contributed by atoms with Crippen molar-refractivity contribution in [1.82, 2.24) is 5.32 Å². The highest BCUT2D eigenvalue weighted by Crippen LogP contribution is 2.18. The van der Waals surface area contributed by atoms with Gasteiger partial charge < -0.3 is 16.0 Å². The third-order valence-corrected chi connectivity index (χ3v) is 2.53. The van der Waals surface area contributed by atoms with E-state index in [1.807, 2.05) is 48.5 Å². The zero-order valence-electron chi connectivity index (χ0n) is 10.8. The van der Waals surface area contributed by atoms with E-state index in [4.69, 9.17) is 5.26 Å².